The van der Waals surface area contributed by atoms with Gasteiger partial charge < -0.3 is 0 Å². The highest BCUT2D eigenvalue weighted by molar-refractivity contribution is 5.79. The van der Waals surface area contributed by atoms with Crippen LogP contribution in [-0.2, 0) is 4.79 Å². The lowest BCUT2D eigenvalue weighted by atomic mass is 9.79. The van der Waals surface area contributed by atoms with Crippen LogP contribution in [0.4, 0.5) is 4.39 Å². The van der Waals surface area contributed by atoms with Gasteiger partial charge >= 0.3 is 0 Å². The van der Waals surface area contributed by atoms with Crippen LogP contribution in [0.5, 0.6) is 0 Å². The van der Waals surface area contributed by atoms with Crippen molar-refractivity contribution in [3.05, 3.63) is 0 Å². The van der Waals surface area contributed by atoms with Crippen LogP contribution in [0.2, 0.25) is 0 Å². The number of halogens is 1. The third-order valence-corrected chi connectivity index (χ3v) is 2.51. The fraction of sp³-hybridized carbons (Fsp3) is 0.889. The Hall–Kier alpha value is -0.400. The van der Waals surface area contributed by atoms with E-state index in [2.05, 4.69) is 0 Å². The van der Waals surface area contributed by atoms with E-state index in [4.69, 9.17) is 0 Å². The van der Waals surface area contributed by atoms with Gasteiger partial charge in [-0.1, -0.05) is 0 Å². The second-order valence-electron chi connectivity index (χ2n) is 3.88. The van der Waals surface area contributed by atoms with Gasteiger partial charge in [0.05, 0.1) is 0 Å². The predicted octanol–water partition coefficient (Wildman–Crippen LogP) is 2.49. The Bertz CT molecular complexity index is 147. The Kier molecular flexibility index (Phi) is 2.31. The van der Waals surface area contributed by atoms with Gasteiger partial charge in [-0.2, -0.15) is 0 Å². The minimum atomic E-state index is -1.10. The average Bonchev–Trinajstić information content (AvgIpc) is 1.86. The summed E-state index contributed by atoms with van der Waals surface area (Å²) < 4.78 is 13.3. The van der Waals surface area contributed by atoms with Crippen LogP contribution in [0.25, 0.3) is 0 Å². The Morgan fingerprint density at radius 3 is 2.18 bits per heavy atom. The number of rotatable bonds is 1. The van der Waals surface area contributed by atoms with E-state index in [-0.39, 0.29) is 5.92 Å². The van der Waals surface area contributed by atoms with E-state index >= 15 is 0 Å². The molecule has 2 heteroatoms. The number of carbonyl (C=O) groups is 1. The lowest BCUT2D eigenvalue weighted by molar-refractivity contribution is -0.121. The highest BCUT2D eigenvalue weighted by Gasteiger charge is 2.31. The summed E-state index contributed by atoms with van der Waals surface area (Å²) in [6, 6.07) is 0. The molecule has 0 N–H and O–H groups in total. The Labute approximate surface area is 67.0 Å². The van der Waals surface area contributed by atoms with Gasteiger partial charge in [-0.25, -0.2) is 4.39 Å². The van der Waals surface area contributed by atoms with Gasteiger partial charge in [-0.15, -0.1) is 0 Å². The van der Waals surface area contributed by atoms with Gasteiger partial charge in [0.2, 0.25) is 0 Å². The molecule has 1 aliphatic rings. The highest BCUT2D eigenvalue weighted by atomic mass is 19.1. The van der Waals surface area contributed by atoms with Crippen LogP contribution in [0.3, 0.4) is 0 Å². The van der Waals surface area contributed by atoms with E-state index in [0.29, 0.717) is 18.6 Å². The van der Waals surface area contributed by atoms with Crippen LogP contribution in [-0.4, -0.2) is 11.5 Å². The molecule has 0 aliphatic heterocycles. The summed E-state index contributed by atoms with van der Waals surface area (Å²) in [5.74, 6) is 0.394. The molecule has 1 saturated carbocycles. The van der Waals surface area contributed by atoms with E-state index in [9.17, 15) is 9.18 Å². The van der Waals surface area contributed by atoms with Crippen molar-refractivity contribution in [1.82, 2.24) is 0 Å². The standard InChI is InChI=1S/C9H15FO/c1-9(2,10)7-3-5-8(11)6-4-7/h7H,3-6H2,1-2H3. The van der Waals surface area contributed by atoms with Gasteiger partial charge in [0.1, 0.15) is 11.5 Å². The Morgan fingerprint density at radius 1 is 1.36 bits per heavy atom. The molecule has 0 atom stereocenters. The van der Waals surface area contributed by atoms with Crippen molar-refractivity contribution in [2.75, 3.05) is 0 Å². The summed E-state index contributed by atoms with van der Waals surface area (Å²) in [6.45, 7) is 3.21. The fourth-order valence-corrected chi connectivity index (χ4v) is 1.63. The van der Waals surface area contributed by atoms with E-state index in [1.807, 2.05) is 0 Å². The van der Waals surface area contributed by atoms with Crippen LogP contribution in [0.15, 0.2) is 0 Å². The van der Waals surface area contributed by atoms with Gasteiger partial charge in [0.15, 0.2) is 0 Å². The van der Waals surface area contributed by atoms with E-state index < -0.39 is 5.67 Å². The summed E-state index contributed by atoms with van der Waals surface area (Å²) >= 11 is 0. The first-order valence-corrected chi connectivity index (χ1v) is 4.21. The minimum Gasteiger partial charge on any atom is -0.300 e. The van der Waals surface area contributed by atoms with Crippen molar-refractivity contribution in [1.29, 1.82) is 0 Å². The maximum atomic E-state index is 13.3. The van der Waals surface area contributed by atoms with Gasteiger partial charge in [0.25, 0.3) is 0 Å². The molecule has 0 aromatic rings. The van der Waals surface area contributed by atoms with Gasteiger partial charge in [-0.3, -0.25) is 4.79 Å². The molecule has 1 fully saturated rings. The molecule has 0 aromatic carbocycles. The first-order valence-electron chi connectivity index (χ1n) is 4.21. The topological polar surface area (TPSA) is 17.1 Å². The maximum Gasteiger partial charge on any atom is 0.132 e. The minimum absolute atomic E-state index is 0.0974. The zero-order valence-electron chi connectivity index (χ0n) is 7.19. The summed E-state index contributed by atoms with van der Waals surface area (Å²) in [5, 5.41) is 0. The molecule has 1 aliphatic carbocycles. The lowest BCUT2D eigenvalue weighted by Crippen LogP contribution is -2.29. The zero-order chi connectivity index (χ0) is 8.48. The maximum absolute atomic E-state index is 13.3. The number of hydrogen-bond donors (Lipinski definition) is 0. The van der Waals surface area contributed by atoms with Gasteiger partial charge in [0, 0.05) is 12.8 Å². The molecule has 64 valence electrons. The Morgan fingerprint density at radius 2 is 1.82 bits per heavy atom. The van der Waals surface area contributed by atoms with Gasteiger partial charge in [-0.05, 0) is 32.6 Å². The molecule has 0 spiro atoms. The average molecular weight is 158 g/mol. The summed E-state index contributed by atoms with van der Waals surface area (Å²) in [7, 11) is 0. The summed E-state index contributed by atoms with van der Waals surface area (Å²) in [6.07, 6.45) is 2.64. The number of carbonyl (C=O) groups excluding carboxylic acids is 1. The number of alkyl halides is 1. The first kappa shape index (κ1) is 8.69. The second-order valence-corrected chi connectivity index (χ2v) is 3.88. The van der Waals surface area contributed by atoms with Crippen LogP contribution >= 0.6 is 0 Å². The molecule has 0 heterocycles. The summed E-state index contributed by atoms with van der Waals surface area (Å²) in [5.41, 5.74) is -1.10. The molecule has 1 nitrogen and oxygen atoms in total. The number of Topliss-reactive ketones (excluding diaryl/α,β-unsaturated/α-hetero) is 1. The molecule has 11 heavy (non-hydrogen) atoms. The molecular weight excluding hydrogens is 143 g/mol. The molecule has 0 bridgehead atoms. The molecule has 0 saturated heterocycles. The molecule has 0 amide bonds. The van der Waals surface area contributed by atoms with Crippen molar-refractivity contribution in [2.45, 2.75) is 45.2 Å². The smallest absolute Gasteiger partial charge is 0.132 e. The molecule has 0 unspecified atom stereocenters. The van der Waals surface area contributed by atoms with E-state index in [1.54, 1.807) is 13.8 Å². The Balaban J connectivity index is 2.45. The fourth-order valence-electron chi connectivity index (χ4n) is 1.63. The van der Waals surface area contributed by atoms with Crippen molar-refractivity contribution >= 4 is 5.78 Å². The molecule has 1 rings (SSSR count). The van der Waals surface area contributed by atoms with Crippen LogP contribution in [0, 0.1) is 5.92 Å². The van der Waals surface area contributed by atoms with Crippen molar-refractivity contribution in [3.8, 4) is 0 Å². The van der Waals surface area contributed by atoms with E-state index in [1.165, 1.54) is 0 Å². The first-order chi connectivity index (χ1) is 5.00. The SMILES string of the molecule is CC(C)(F)C1CCC(=O)CC1. The van der Waals surface area contributed by atoms with Crippen molar-refractivity contribution < 1.29 is 9.18 Å². The highest BCUT2D eigenvalue weighted by Crippen LogP contribution is 2.33. The monoisotopic (exact) mass is 158 g/mol. The second kappa shape index (κ2) is 2.92. The number of ketones is 1. The normalized spacial score (nSPS) is 22.3. The van der Waals surface area contributed by atoms with Crippen LogP contribution in [0.1, 0.15) is 39.5 Å². The van der Waals surface area contributed by atoms with Crippen LogP contribution < -0.4 is 0 Å². The third-order valence-electron chi connectivity index (χ3n) is 2.51. The third kappa shape index (κ3) is 2.28. The zero-order valence-corrected chi connectivity index (χ0v) is 7.19. The predicted molar refractivity (Wildman–Crippen MR) is 42.2 cm³/mol. The van der Waals surface area contributed by atoms with Crippen molar-refractivity contribution in [3.63, 3.8) is 0 Å². The number of hydrogen-bond acceptors (Lipinski definition) is 1. The van der Waals surface area contributed by atoms with Crippen molar-refractivity contribution in [2.24, 2.45) is 5.92 Å². The largest absolute Gasteiger partial charge is 0.300 e. The lowest BCUT2D eigenvalue weighted by Gasteiger charge is -2.29. The summed E-state index contributed by atoms with van der Waals surface area (Å²) in [4.78, 5) is 10.8. The molecule has 0 radical (unpaired) electrons. The quantitative estimate of drug-likeness (QED) is 0.573. The van der Waals surface area contributed by atoms with E-state index in [0.717, 1.165) is 12.8 Å². The molecular formula is C9H15FO. The molecule has 0 aromatic heterocycles.